The molecule has 0 saturated heterocycles. The molecule has 0 aliphatic carbocycles. The van der Waals surface area contributed by atoms with E-state index in [2.05, 4.69) is 4.98 Å². The first-order chi connectivity index (χ1) is 7.70. The summed E-state index contributed by atoms with van der Waals surface area (Å²) in [6.07, 6.45) is 1.56. The second-order valence-electron chi connectivity index (χ2n) is 3.41. The SMILES string of the molecule is CCn1cnc(-c2ccc(Cl)cc2)cc1=O. The van der Waals surface area contributed by atoms with Gasteiger partial charge in [0.1, 0.15) is 0 Å². The van der Waals surface area contributed by atoms with Crippen LogP contribution in [0.5, 0.6) is 0 Å². The lowest BCUT2D eigenvalue weighted by Crippen LogP contribution is -2.18. The molecule has 0 spiro atoms. The lowest BCUT2D eigenvalue weighted by atomic mass is 10.1. The van der Waals surface area contributed by atoms with Crippen molar-refractivity contribution in [3.8, 4) is 11.3 Å². The first kappa shape index (κ1) is 10.9. The maximum atomic E-state index is 11.6. The summed E-state index contributed by atoms with van der Waals surface area (Å²) in [4.78, 5) is 15.8. The highest BCUT2D eigenvalue weighted by Crippen LogP contribution is 2.17. The molecule has 0 amide bonds. The Kier molecular flexibility index (Phi) is 3.06. The van der Waals surface area contributed by atoms with Crippen LogP contribution in [0, 0.1) is 0 Å². The number of hydrogen-bond acceptors (Lipinski definition) is 2. The Morgan fingerprint density at radius 1 is 1.31 bits per heavy atom. The Hall–Kier alpha value is -1.61. The van der Waals surface area contributed by atoms with Crippen molar-refractivity contribution >= 4 is 11.6 Å². The molecule has 0 N–H and O–H groups in total. The molecule has 16 heavy (non-hydrogen) atoms. The van der Waals surface area contributed by atoms with Crippen molar-refractivity contribution in [3.63, 3.8) is 0 Å². The highest BCUT2D eigenvalue weighted by molar-refractivity contribution is 6.30. The second-order valence-corrected chi connectivity index (χ2v) is 3.84. The molecule has 1 aromatic heterocycles. The molecule has 2 rings (SSSR count). The van der Waals surface area contributed by atoms with Crippen molar-refractivity contribution < 1.29 is 0 Å². The molecule has 0 saturated carbocycles. The van der Waals surface area contributed by atoms with Crippen LogP contribution in [0.3, 0.4) is 0 Å². The van der Waals surface area contributed by atoms with E-state index in [0.717, 1.165) is 5.56 Å². The van der Waals surface area contributed by atoms with Crippen LogP contribution >= 0.6 is 11.6 Å². The van der Waals surface area contributed by atoms with Crippen LogP contribution in [0.25, 0.3) is 11.3 Å². The lowest BCUT2D eigenvalue weighted by Gasteiger charge is -2.03. The number of aromatic nitrogens is 2. The van der Waals surface area contributed by atoms with Gasteiger partial charge in [-0.05, 0) is 19.1 Å². The van der Waals surface area contributed by atoms with Gasteiger partial charge in [-0.15, -0.1) is 0 Å². The number of rotatable bonds is 2. The van der Waals surface area contributed by atoms with Gasteiger partial charge in [0.25, 0.3) is 5.56 Å². The summed E-state index contributed by atoms with van der Waals surface area (Å²) < 4.78 is 1.55. The van der Waals surface area contributed by atoms with Gasteiger partial charge in [0, 0.05) is 23.2 Å². The fraction of sp³-hybridized carbons (Fsp3) is 0.167. The largest absolute Gasteiger partial charge is 0.300 e. The van der Waals surface area contributed by atoms with Gasteiger partial charge in [0.15, 0.2) is 0 Å². The van der Waals surface area contributed by atoms with E-state index in [1.807, 2.05) is 19.1 Å². The summed E-state index contributed by atoms with van der Waals surface area (Å²) >= 11 is 5.79. The van der Waals surface area contributed by atoms with Gasteiger partial charge in [0.2, 0.25) is 0 Å². The first-order valence-corrected chi connectivity index (χ1v) is 5.41. The molecule has 0 unspecified atom stereocenters. The molecule has 3 nitrogen and oxygen atoms in total. The van der Waals surface area contributed by atoms with E-state index in [0.29, 0.717) is 17.3 Å². The van der Waals surface area contributed by atoms with E-state index >= 15 is 0 Å². The number of hydrogen-bond donors (Lipinski definition) is 0. The topological polar surface area (TPSA) is 34.9 Å². The smallest absolute Gasteiger partial charge is 0.253 e. The van der Waals surface area contributed by atoms with Gasteiger partial charge in [-0.2, -0.15) is 0 Å². The van der Waals surface area contributed by atoms with Gasteiger partial charge in [-0.25, -0.2) is 4.98 Å². The number of nitrogens with zero attached hydrogens (tertiary/aromatic N) is 2. The number of aryl methyl sites for hydroxylation is 1. The summed E-state index contributed by atoms with van der Waals surface area (Å²) in [6, 6.07) is 8.79. The van der Waals surface area contributed by atoms with Gasteiger partial charge in [-0.3, -0.25) is 9.36 Å². The van der Waals surface area contributed by atoms with E-state index in [-0.39, 0.29) is 5.56 Å². The van der Waals surface area contributed by atoms with Crippen molar-refractivity contribution in [1.82, 2.24) is 9.55 Å². The number of benzene rings is 1. The Morgan fingerprint density at radius 3 is 2.56 bits per heavy atom. The predicted octanol–water partition coefficient (Wildman–Crippen LogP) is 2.58. The zero-order chi connectivity index (χ0) is 11.5. The van der Waals surface area contributed by atoms with E-state index < -0.39 is 0 Å². The summed E-state index contributed by atoms with van der Waals surface area (Å²) in [7, 11) is 0. The fourth-order valence-electron chi connectivity index (χ4n) is 1.44. The van der Waals surface area contributed by atoms with Crippen molar-refractivity contribution in [2.24, 2.45) is 0 Å². The monoisotopic (exact) mass is 234 g/mol. The molecule has 0 atom stereocenters. The van der Waals surface area contributed by atoms with Crippen LogP contribution in [0.2, 0.25) is 5.02 Å². The van der Waals surface area contributed by atoms with Crippen molar-refractivity contribution in [2.45, 2.75) is 13.5 Å². The summed E-state index contributed by atoms with van der Waals surface area (Å²) in [5, 5.41) is 0.672. The van der Waals surface area contributed by atoms with Crippen LogP contribution in [0.1, 0.15) is 6.92 Å². The molecule has 1 heterocycles. The van der Waals surface area contributed by atoms with Crippen LogP contribution in [-0.2, 0) is 6.54 Å². The average molecular weight is 235 g/mol. The molecule has 82 valence electrons. The maximum Gasteiger partial charge on any atom is 0.253 e. The third kappa shape index (κ3) is 2.14. The molecule has 0 aliphatic heterocycles. The molecule has 0 bridgehead atoms. The highest BCUT2D eigenvalue weighted by atomic mass is 35.5. The van der Waals surface area contributed by atoms with Gasteiger partial charge in [-0.1, -0.05) is 23.7 Å². The Labute approximate surface area is 98.3 Å². The first-order valence-electron chi connectivity index (χ1n) is 5.03. The lowest BCUT2D eigenvalue weighted by molar-refractivity contribution is 0.708. The maximum absolute atomic E-state index is 11.6. The normalized spacial score (nSPS) is 10.4. The van der Waals surface area contributed by atoms with E-state index in [1.54, 1.807) is 23.0 Å². The standard InChI is InChI=1S/C12H11ClN2O/c1-2-15-8-14-11(7-12(15)16)9-3-5-10(13)6-4-9/h3-8H,2H2,1H3. The molecule has 0 fully saturated rings. The molecule has 0 radical (unpaired) electrons. The molecular formula is C12H11ClN2O. The van der Waals surface area contributed by atoms with Crippen molar-refractivity contribution in [3.05, 3.63) is 52.0 Å². The molecule has 0 aliphatic rings. The number of halogens is 1. The van der Waals surface area contributed by atoms with Gasteiger partial charge < -0.3 is 0 Å². The fourth-order valence-corrected chi connectivity index (χ4v) is 1.57. The minimum Gasteiger partial charge on any atom is -0.300 e. The van der Waals surface area contributed by atoms with E-state index in [9.17, 15) is 4.79 Å². The summed E-state index contributed by atoms with van der Waals surface area (Å²) in [6.45, 7) is 2.54. The third-order valence-corrected chi connectivity index (χ3v) is 2.61. The van der Waals surface area contributed by atoms with Gasteiger partial charge >= 0.3 is 0 Å². The predicted molar refractivity (Wildman–Crippen MR) is 64.6 cm³/mol. The van der Waals surface area contributed by atoms with Crippen molar-refractivity contribution in [1.29, 1.82) is 0 Å². The van der Waals surface area contributed by atoms with Crippen molar-refractivity contribution in [2.75, 3.05) is 0 Å². The molecule has 2 aromatic rings. The minimum atomic E-state index is -0.0394. The Balaban J connectivity index is 2.45. The average Bonchev–Trinajstić information content (AvgIpc) is 2.30. The van der Waals surface area contributed by atoms with Crippen LogP contribution < -0.4 is 5.56 Å². The Bertz CT molecular complexity index is 546. The zero-order valence-corrected chi connectivity index (χ0v) is 9.61. The highest BCUT2D eigenvalue weighted by Gasteiger charge is 2.01. The second kappa shape index (κ2) is 4.49. The molecule has 4 heteroatoms. The third-order valence-electron chi connectivity index (χ3n) is 2.36. The quantitative estimate of drug-likeness (QED) is 0.801. The van der Waals surface area contributed by atoms with E-state index in [4.69, 9.17) is 11.6 Å². The van der Waals surface area contributed by atoms with Crippen LogP contribution in [-0.4, -0.2) is 9.55 Å². The van der Waals surface area contributed by atoms with E-state index in [1.165, 1.54) is 6.07 Å². The molecular weight excluding hydrogens is 224 g/mol. The zero-order valence-electron chi connectivity index (χ0n) is 8.85. The summed E-state index contributed by atoms with van der Waals surface area (Å²) in [5.41, 5.74) is 1.53. The molecule has 1 aromatic carbocycles. The van der Waals surface area contributed by atoms with Gasteiger partial charge in [0.05, 0.1) is 12.0 Å². The van der Waals surface area contributed by atoms with Crippen LogP contribution in [0.15, 0.2) is 41.5 Å². The Morgan fingerprint density at radius 2 is 2.00 bits per heavy atom. The minimum absolute atomic E-state index is 0.0394. The summed E-state index contributed by atoms with van der Waals surface area (Å²) in [5.74, 6) is 0. The van der Waals surface area contributed by atoms with Crippen LogP contribution in [0.4, 0.5) is 0 Å².